The number of anilines is 1. The molecule has 29 heavy (non-hydrogen) atoms. The zero-order valence-corrected chi connectivity index (χ0v) is 19.2. The average molecular weight is 525 g/mol. The molecule has 1 aliphatic rings. The molecular weight excluding hydrogens is 509 g/mol. The van der Waals surface area contributed by atoms with Crippen molar-refractivity contribution in [3.8, 4) is 17.2 Å². The number of carbonyl (C=O) groups is 1. The van der Waals surface area contributed by atoms with Crippen LogP contribution < -0.4 is 13.8 Å². The van der Waals surface area contributed by atoms with E-state index in [0.717, 1.165) is 4.31 Å². The highest BCUT2D eigenvalue weighted by Gasteiger charge is 2.59. The van der Waals surface area contributed by atoms with E-state index in [1.54, 1.807) is 24.3 Å². The molecule has 11 heteroatoms. The molecule has 1 saturated carbocycles. The van der Waals surface area contributed by atoms with Crippen molar-refractivity contribution in [1.29, 1.82) is 0 Å². The predicted molar refractivity (Wildman–Crippen MR) is 114 cm³/mol. The van der Waals surface area contributed by atoms with Gasteiger partial charge in [-0.25, -0.2) is 13.3 Å². The van der Waals surface area contributed by atoms with E-state index >= 15 is 0 Å². The zero-order valence-electron chi connectivity index (χ0n) is 15.3. The summed E-state index contributed by atoms with van der Waals surface area (Å²) in [5.74, 6) is 0.177. The van der Waals surface area contributed by atoms with Crippen LogP contribution in [-0.4, -0.2) is 34.5 Å². The lowest BCUT2D eigenvalue weighted by Crippen LogP contribution is -2.45. The minimum atomic E-state index is -2.52. The van der Waals surface area contributed by atoms with Crippen LogP contribution in [-0.2, 0) is 20.8 Å². The number of methoxy groups -OCH3 is 2. The molecule has 0 aliphatic heterocycles. The van der Waals surface area contributed by atoms with Gasteiger partial charge in [-0.3, -0.25) is 4.55 Å². The van der Waals surface area contributed by atoms with Gasteiger partial charge in [-0.1, -0.05) is 39.1 Å². The summed E-state index contributed by atoms with van der Waals surface area (Å²) in [6.07, 6.45) is 0.731. The van der Waals surface area contributed by atoms with E-state index in [1.807, 2.05) is 0 Å². The first-order valence-electron chi connectivity index (χ1n) is 8.23. The van der Waals surface area contributed by atoms with Crippen LogP contribution in [0.2, 0.25) is 10.0 Å². The summed E-state index contributed by atoms with van der Waals surface area (Å²) in [5, 5.41) is 0.551. The van der Waals surface area contributed by atoms with Crippen molar-refractivity contribution in [2.45, 2.75) is 18.4 Å². The van der Waals surface area contributed by atoms with E-state index in [0.29, 0.717) is 17.3 Å². The van der Waals surface area contributed by atoms with E-state index < -0.39 is 22.8 Å². The molecule has 1 fully saturated rings. The van der Waals surface area contributed by atoms with Gasteiger partial charge in [0.1, 0.15) is 11.5 Å². The number of rotatable bonds is 7. The van der Waals surface area contributed by atoms with E-state index in [1.165, 1.54) is 20.3 Å². The lowest BCUT2D eigenvalue weighted by molar-refractivity contribution is -0.143. The molecule has 1 aliphatic carbocycles. The van der Waals surface area contributed by atoms with Crippen LogP contribution in [0.25, 0.3) is 0 Å². The molecule has 1 N–H and O–H groups in total. The SMILES string of the molecule is COC(=O)C1(N(c2cc(Oc3c(Cl)cc(Br)cc3Cl)ccc2OC)S(=O)O)CC1. The second kappa shape index (κ2) is 8.69. The van der Waals surface area contributed by atoms with Gasteiger partial charge in [-0.2, -0.15) is 0 Å². The lowest BCUT2D eigenvalue weighted by Gasteiger charge is -2.29. The second-order valence-corrected chi connectivity index (χ2v) is 8.74. The Morgan fingerprint density at radius 2 is 1.83 bits per heavy atom. The fourth-order valence-electron chi connectivity index (χ4n) is 2.90. The van der Waals surface area contributed by atoms with Crippen molar-refractivity contribution in [3.63, 3.8) is 0 Å². The van der Waals surface area contributed by atoms with Crippen LogP contribution in [0, 0.1) is 0 Å². The Morgan fingerprint density at radius 1 is 1.21 bits per heavy atom. The molecule has 3 rings (SSSR count). The number of nitrogens with zero attached hydrogens (tertiary/aromatic N) is 1. The Hall–Kier alpha value is -1.52. The number of benzene rings is 2. The number of esters is 1. The summed E-state index contributed by atoms with van der Waals surface area (Å²) in [4.78, 5) is 12.3. The molecule has 0 bridgehead atoms. The van der Waals surface area contributed by atoms with Crippen LogP contribution in [0.1, 0.15) is 12.8 Å². The van der Waals surface area contributed by atoms with Crippen LogP contribution >= 0.6 is 39.1 Å². The van der Waals surface area contributed by atoms with Crippen molar-refractivity contribution in [2.24, 2.45) is 0 Å². The molecule has 156 valence electrons. The van der Waals surface area contributed by atoms with Crippen LogP contribution in [0.15, 0.2) is 34.8 Å². The molecule has 0 spiro atoms. The fraction of sp³-hybridized carbons (Fsp3) is 0.278. The first-order chi connectivity index (χ1) is 13.7. The van der Waals surface area contributed by atoms with Crippen LogP contribution in [0.3, 0.4) is 0 Å². The number of hydrogen-bond acceptors (Lipinski definition) is 5. The highest BCUT2D eigenvalue weighted by Crippen LogP contribution is 2.49. The Balaban J connectivity index is 2.06. The first kappa shape index (κ1) is 22.2. The monoisotopic (exact) mass is 523 g/mol. The summed E-state index contributed by atoms with van der Waals surface area (Å²) in [6.45, 7) is 0. The first-order valence-corrected chi connectivity index (χ1v) is 10.8. The molecular formula is C18H16BrCl2NO6S. The molecule has 0 aromatic heterocycles. The Bertz CT molecular complexity index is 962. The maximum atomic E-state index is 12.3. The fourth-order valence-corrected chi connectivity index (χ4v) is 5.05. The maximum absolute atomic E-state index is 12.3. The largest absolute Gasteiger partial charge is 0.495 e. The molecule has 1 atom stereocenters. The summed E-state index contributed by atoms with van der Waals surface area (Å²) in [5.41, 5.74) is -1.05. The van der Waals surface area contributed by atoms with Gasteiger partial charge in [0.05, 0.1) is 30.0 Å². The van der Waals surface area contributed by atoms with Crippen molar-refractivity contribution in [1.82, 2.24) is 0 Å². The van der Waals surface area contributed by atoms with Crippen molar-refractivity contribution in [2.75, 3.05) is 18.5 Å². The Morgan fingerprint density at radius 3 is 2.31 bits per heavy atom. The van der Waals surface area contributed by atoms with Gasteiger partial charge in [0.25, 0.3) is 11.3 Å². The average Bonchev–Trinajstić information content (AvgIpc) is 3.45. The number of hydrogen-bond donors (Lipinski definition) is 1. The highest BCUT2D eigenvalue weighted by atomic mass is 79.9. The smallest absolute Gasteiger partial charge is 0.332 e. The normalized spacial score (nSPS) is 15.4. The second-order valence-electron chi connectivity index (χ2n) is 6.18. The van der Waals surface area contributed by atoms with Gasteiger partial charge in [0.15, 0.2) is 11.3 Å². The minimum Gasteiger partial charge on any atom is -0.495 e. The molecule has 2 aromatic carbocycles. The minimum absolute atomic E-state index is 0.193. The molecule has 0 saturated heterocycles. The molecule has 0 heterocycles. The van der Waals surface area contributed by atoms with Gasteiger partial charge >= 0.3 is 5.97 Å². The van der Waals surface area contributed by atoms with Crippen LogP contribution in [0.5, 0.6) is 17.2 Å². The lowest BCUT2D eigenvalue weighted by atomic mass is 10.2. The van der Waals surface area contributed by atoms with Gasteiger partial charge in [0.2, 0.25) is 0 Å². The molecule has 2 aromatic rings. The predicted octanol–water partition coefficient (Wildman–Crippen LogP) is 5.21. The van der Waals surface area contributed by atoms with Gasteiger partial charge in [-0.15, -0.1) is 0 Å². The van der Waals surface area contributed by atoms with E-state index in [4.69, 9.17) is 37.4 Å². The topological polar surface area (TPSA) is 85.3 Å². The molecule has 1 unspecified atom stereocenters. The number of carbonyl (C=O) groups excluding carboxylic acids is 1. The van der Waals surface area contributed by atoms with E-state index in [2.05, 4.69) is 15.9 Å². The van der Waals surface area contributed by atoms with E-state index in [-0.39, 0.29) is 33.0 Å². The highest BCUT2D eigenvalue weighted by molar-refractivity contribution is 9.10. The van der Waals surface area contributed by atoms with Crippen LogP contribution in [0.4, 0.5) is 5.69 Å². The number of halogens is 3. The Labute approximate surface area is 188 Å². The van der Waals surface area contributed by atoms with Crippen molar-refractivity contribution in [3.05, 3.63) is 44.8 Å². The Kier molecular flexibility index (Phi) is 6.64. The summed E-state index contributed by atoms with van der Waals surface area (Å²) < 4.78 is 39.9. The molecule has 0 radical (unpaired) electrons. The third kappa shape index (κ3) is 4.34. The number of ether oxygens (including phenoxy) is 3. The van der Waals surface area contributed by atoms with Gasteiger partial charge in [-0.05, 0) is 37.1 Å². The van der Waals surface area contributed by atoms with E-state index in [9.17, 15) is 13.6 Å². The van der Waals surface area contributed by atoms with Crippen molar-refractivity contribution < 1.29 is 27.8 Å². The third-order valence-electron chi connectivity index (χ3n) is 4.39. The van der Waals surface area contributed by atoms with Crippen molar-refractivity contribution >= 4 is 62.1 Å². The summed E-state index contributed by atoms with van der Waals surface area (Å²) in [7, 11) is 2.65. The molecule has 7 nitrogen and oxygen atoms in total. The summed E-state index contributed by atoms with van der Waals surface area (Å²) >= 11 is 13.2. The quantitative estimate of drug-likeness (QED) is 0.395. The molecule has 0 amide bonds. The summed E-state index contributed by atoms with van der Waals surface area (Å²) in [6, 6.07) is 7.87. The van der Waals surface area contributed by atoms with Gasteiger partial charge < -0.3 is 14.2 Å². The zero-order chi connectivity index (χ0) is 21.3. The van der Waals surface area contributed by atoms with Gasteiger partial charge in [0, 0.05) is 10.5 Å². The standard InChI is InChI=1S/C18H16BrCl2NO6S/c1-26-15-4-3-11(28-16-12(20)7-10(19)8-13(16)21)9-14(15)22(29(24)25)18(5-6-18)17(23)27-2/h3-4,7-9H,5-6H2,1-2H3,(H,24,25). The third-order valence-corrected chi connectivity index (χ3v) is 6.26. The maximum Gasteiger partial charge on any atom is 0.332 e.